The SMILES string of the molecule is CC[C@@H](C(=O)NCc1nc2ncccc2[nH]1)c1ccccc1. The minimum absolute atomic E-state index is 0.0158. The molecule has 0 bridgehead atoms. The van der Waals surface area contributed by atoms with E-state index in [1.807, 2.05) is 49.4 Å². The smallest absolute Gasteiger partial charge is 0.227 e. The number of carbonyl (C=O) groups is 1. The van der Waals surface area contributed by atoms with E-state index in [1.54, 1.807) is 6.20 Å². The summed E-state index contributed by atoms with van der Waals surface area (Å²) >= 11 is 0. The zero-order valence-corrected chi connectivity index (χ0v) is 12.4. The van der Waals surface area contributed by atoms with Gasteiger partial charge in [0, 0.05) is 6.20 Å². The fourth-order valence-electron chi connectivity index (χ4n) is 2.53. The lowest BCUT2D eigenvalue weighted by Crippen LogP contribution is -2.29. The number of benzene rings is 1. The van der Waals surface area contributed by atoms with Gasteiger partial charge in [-0.2, -0.15) is 0 Å². The van der Waals surface area contributed by atoms with Crippen LogP contribution in [0.4, 0.5) is 0 Å². The van der Waals surface area contributed by atoms with E-state index in [1.165, 1.54) is 0 Å². The minimum atomic E-state index is -0.135. The van der Waals surface area contributed by atoms with Gasteiger partial charge in [0.05, 0.1) is 18.0 Å². The van der Waals surface area contributed by atoms with Crippen molar-refractivity contribution < 1.29 is 4.79 Å². The van der Waals surface area contributed by atoms with Crippen molar-refractivity contribution in [2.45, 2.75) is 25.8 Å². The Labute approximate surface area is 128 Å². The number of hydrogen-bond donors (Lipinski definition) is 2. The molecule has 1 amide bonds. The van der Waals surface area contributed by atoms with Crippen molar-refractivity contribution in [3.63, 3.8) is 0 Å². The van der Waals surface area contributed by atoms with Gasteiger partial charge < -0.3 is 10.3 Å². The second-order valence-corrected chi connectivity index (χ2v) is 5.15. The van der Waals surface area contributed by atoms with Gasteiger partial charge in [0.1, 0.15) is 5.82 Å². The van der Waals surface area contributed by atoms with E-state index in [-0.39, 0.29) is 11.8 Å². The van der Waals surface area contributed by atoms with Crippen LogP contribution in [-0.4, -0.2) is 20.9 Å². The minimum Gasteiger partial charge on any atom is -0.348 e. The molecule has 2 aromatic heterocycles. The molecule has 112 valence electrons. The maximum absolute atomic E-state index is 12.4. The monoisotopic (exact) mass is 294 g/mol. The van der Waals surface area contributed by atoms with Crippen molar-refractivity contribution in [3.05, 3.63) is 60.0 Å². The molecule has 0 saturated carbocycles. The molecule has 0 unspecified atom stereocenters. The second kappa shape index (κ2) is 6.39. The standard InChI is InChI=1S/C17H18N4O/c1-2-13(12-7-4-3-5-8-12)17(22)19-11-15-20-14-9-6-10-18-16(14)21-15/h3-10,13H,2,11H2,1H3,(H,19,22)(H,18,20,21)/t13-/m1/s1. The van der Waals surface area contributed by atoms with Gasteiger partial charge in [0.25, 0.3) is 0 Å². The summed E-state index contributed by atoms with van der Waals surface area (Å²) in [4.78, 5) is 24.1. The average molecular weight is 294 g/mol. The van der Waals surface area contributed by atoms with Crippen LogP contribution in [0.15, 0.2) is 48.7 Å². The van der Waals surface area contributed by atoms with Crippen molar-refractivity contribution in [2.24, 2.45) is 0 Å². The molecule has 5 heteroatoms. The lowest BCUT2D eigenvalue weighted by atomic mass is 9.96. The summed E-state index contributed by atoms with van der Waals surface area (Å²) in [6.07, 6.45) is 2.46. The Bertz CT molecular complexity index is 733. The highest BCUT2D eigenvalue weighted by molar-refractivity contribution is 5.83. The number of aromatic amines is 1. The third-order valence-electron chi connectivity index (χ3n) is 3.66. The molecule has 0 radical (unpaired) electrons. The van der Waals surface area contributed by atoms with Gasteiger partial charge in [-0.15, -0.1) is 0 Å². The van der Waals surface area contributed by atoms with Crippen LogP contribution in [0, 0.1) is 0 Å². The van der Waals surface area contributed by atoms with Crippen molar-refractivity contribution in [2.75, 3.05) is 0 Å². The molecule has 3 aromatic rings. The average Bonchev–Trinajstić information content (AvgIpc) is 2.97. The van der Waals surface area contributed by atoms with E-state index in [2.05, 4.69) is 20.3 Å². The van der Waals surface area contributed by atoms with Crippen LogP contribution >= 0.6 is 0 Å². The molecule has 3 rings (SSSR count). The number of aromatic nitrogens is 3. The van der Waals surface area contributed by atoms with E-state index in [9.17, 15) is 4.79 Å². The highest BCUT2D eigenvalue weighted by Gasteiger charge is 2.18. The number of rotatable bonds is 5. The summed E-state index contributed by atoms with van der Waals surface area (Å²) in [5.41, 5.74) is 2.58. The molecule has 0 fully saturated rings. The third-order valence-corrected chi connectivity index (χ3v) is 3.66. The maximum atomic E-state index is 12.4. The number of pyridine rings is 1. The zero-order chi connectivity index (χ0) is 15.4. The van der Waals surface area contributed by atoms with E-state index < -0.39 is 0 Å². The number of fused-ring (bicyclic) bond motifs is 1. The molecule has 1 aromatic carbocycles. The number of imidazole rings is 1. The first kappa shape index (κ1) is 14.3. The highest BCUT2D eigenvalue weighted by Crippen LogP contribution is 2.19. The molecular formula is C17H18N4O. The molecule has 0 aliphatic rings. The Hall–Kier alpha value is -2.69. The molecule has 0 aliphatic carbocycles. The Morgan fingerprint density at radius 2 is 2.05 bits per heavy atom. The highest BCUT2D eigenvalue weighted by atomic mass is 16.1. The molecule has 0 saturated heterocycles. The van der Waals surface area contributed by atoms with Crippen LogP contribution in [0.3, 0.4) is 0 Å². The topological polar surface area (TPSA) is 70.7 Å². The van der Waals surface area contributed by atoms with Crippen molar-refractivity contribution >= 4 is 17.1 Å². The van der Waals surface area contributed by atoms with Crippen LogP contribution in [0.5, 0.6) is 0 Å². The number of nitrogens with zero attached hydrogens (tertiary/aromatic N) is 2. The molecule has 2 N–H and O–H groups in total. The fourth-order valence-corrected chi connectivity index (χ4v) is 2.53. The van der Waals surface area contributed by atoms with Crippen molar-refractivity contribution in [1.29, 1.82) is 0 Å². The quantitative estimate of drug-likeness (QED) is 0.760. The van der Waals surface area contributed by atoms with Gasteiger partial charge in [-0.1, -0.05) is 37.3 Å². The normalized spacial score (nSPS) is 12.2. The van der Waals surface area contributed by atoms with E-state index in [4.69, 9.17) is 0 Å². The van der Waals surface area contributed by atoms with Crippen LogP contribution in [0.1, 0.15) is 30.7 Å². The van der Waals surface area contributed by atoms with E-state index >= 15 is 0 Å². The van der Waals surface area contributed by atoms with Crippen LogP contribution < -0.4 is 5.32 Å². The largest absolute Gasteiger partial charge is 0.348 e. The summed E-state index contributed by atoms with van der Waals surface area (Å²) in [6.45, 7) is 2.39. The number of H-pyrrole nitrogens is 1. The first-order valence-electron chi connectivity index (χ1n) is 7.40. The molecule has 5 nitrogen and oxygen atoms in total. The third kappa shape index (κ3) is 2.98. The first-order chi connectivity index (χ1) is 10.8. The molecule has 1 atom stereocenters. The molecule has 0 spiro atoms. The zero-order valence-electron chi connectivity index (χ0n) is 12.4. The molecule has 0 aliphatic heterocycles. The summed E-state index contributed by atoms with van der Waals surface area (Å²) in [5.74, 6) is 0.593. The summed E-state index contributed by atoms with van der Waals surface area (Å²) in [7, 11) is 0. The van der Waals surface area contributed by atoms with Crippen LogP contribution in [0.2, 0.25) is 0 Å². The fraction of sp³-hybridized carbons (Fsp3) is 0.235. The number of nitrogens with one attached hydrogen (secondary N) is 2. The van der Waals surface area contributed by atoms with Crippen LogP contribution in [-0.2, 0) is 11.3 Å². The lowest BCUT2D eigenvalue weighted by molar-refractivity contribution is -0.122. The number of carbonyl (C=O) groups excluding carboxylic acids is 1. The van der Waals surface area contributed by atoms with Crippen molar-refractivity contribution in [3.8, 4) is 0 Å². The maximum Gasteiger partial charge on any atom is 0.227 e. The molecule has 2 heterocycles. The van der Waals surface area contributed by atoms with Gasteiger partial charge in [0.2, 0.25) is 5.91 Å². The van der Waals surface area contributed by atoms with Crippen molar-refractivity contribution in [1.82, 2.24) is 20.3 Å². The molecular weight excluding hydrogens is 276 g/mol. The van der Waals surface area contributed by atoms with E-state index in [0.717, 1.165) is 17.5 Å². The number of hydrogen-bond acceptors (Lipinski definition) is 3. The lowest BCUT2D eigenvalue weighted by Gasteiger charge is -2.14. The summed E-state index contributed by atoms with van der Waals surface area (Å²) < 4.78 is 0. The van der Waals surface area contributed by atoms with Gasteiger partial charge in [-0.3, -0.25) is 4.79 Å². The van der Waals surface area contributed by atoms with Gasteiger partial charge in [-0.05, 0) is 24.1 Å². The van der Waals surface area contributed by atoms with Gasteiger partial charge in [0.15, 0.2) is 5.65 Å². The predicted molar refractivity (Wildman–Crippen MR) is 85.2 cm³/mol. The number of amides is 1. The predicted octanol–water partition coefficient (Wildman–Crippen LogP) is 2.77. The van der Waals surface area contributed by atoms with E-state index in [0.29, 0.717) is 18.0 Å². The Morgan fingerprint density at radius 3 is 2.77 bits per heavy atom. The Morgan fingerprint density at radius 1 is 1.23 bits per heavy atom. The second-order valence-electron chi connectivity index (χ2n) is 5.15. The Balaban J connectivity index is 1.68. The summed E-state index contributed by atoms with van der Waals surface area (Å²) in [6, 6.07) is 13.6. The first-order valence-corrected chi connectivity index (χ1v) is 7.40. The molecule has 22 heavy (non-hydrogen) atoms. The van der Waals surface area contributed by atoms with Gasteiger partial charge in [-0.25, -0.2) is 9.97 Å². The van der Waals surface area contributed by atoms with Gasteiger partial charge >= 0.3 is 0 Å². The summed E-state index contributed by atoms with van der Waals surface area (Å²) in [5, 5.41) is 2.95. The van der Waals surface area contributed by atoms with Crippen LogP contribution in [0.25, 0.3) is 11.2 Å². The Kier molecular flexibility index (Phi) is 4.14.